The van der Waals surface area contributed by atoms with E-state index in [0.29, 0.717) is 25.8 Å². The summed E-state index contributed by atoms with van der Waals surface area (Å²) in [6, 6.07) is -0.537. The summed E-state index contributed by atoms with van der Waals surface area (Å²) in [6.45, 7) is 13.3. The third-order valence-corrected chi connectivity index (χ3v) is 17.7. The number of nitrogens with two attached hydrogens (primary N) is 1. The van der Waals surface area contributed by atoms with E-state index in [2.05, 4.69) is 15.7 Å². The number of aliphatic hydroxyl groups is 2. The minimum absolute atomic E-state index is 0.0181. The summed E-state index contributed by atoms with van der Waals surface area (Å²) in [4.78, 5) is 80.6. The number of ketones is 1. The van der Waals surface area contributed by atoms with Gasteiger partial charge in [-0.2, -0.15) is 5.10 Å². The van der Waals surface area contributed by atoms with Gasteiger partial charge in [0.05, 0.1) is 74.4 Å². The summed E-state index contributed by atoms with van der Waals surface area (Å²) >= 11 is 6.88. The number of aromatic carboxylic acids is 1. The number of hydrogen-bond donors (Lipinski definition) is 9. The first kappa shape index (κ1) is 63.7. The van der Waals surface area contributed by atoms with Crippen molar-refractivity contribution in [2.45, 2.75) is 136 Å². The quantitative estimate of drug-likeness (QED) is 0.0113. The van der Waals surface area contributed by atoms with E-state index < -0.39 is 118 Å². The number of Topliss-reactive ketones (excluding diaryl/α,β-unsaturated/α-hetero) is 1. The topological polar surface area (TPSA) is 335 Å². The second-order valence-corrected chi connectivity index (χ2v) is 23.4. The molecule has 8 rings (SSSR count). The van der Waals surface area contributed by atoms with Crippen LogP contribution in [0.5, 0.6) is 23.0 Å². The molecule has 2 saturated heterocycles. The number of carboxylic acids is 1. The molecule has 2 amide bonds. The number of allylic oxidation sites excluding steroid dienone is 2. The van der Waals surface area contributed by atoms with Gasteiger partial charge < -0.3 is 75.4 Å². The highest BCUT2D eigenvalue weighted by Gasteiger charge is 2.49. The number of carbonyl (C=O) groups excluding carboxylic acids is 4. The van der Waals surface area contributed by atoms with Gasteiger partial charge >= 0.3 is 11.9 Å². The van der Waals surface area contributed by atoms with Gasteiger partial charge in [0.1, 0.15) is 34.7 Å². The number of benzene rings is 3. The Hall–Kier alpha value is -7.35. The molecule has 1 unspecified atom stereocenters. The lowest BCUT2D eigenvalue weighted by atomic mass is 9.82. The molecular formula is C60H75ClFN7O16. The number of nitrogens with zero attached hydrogens (tertiary/aromatic N) is 4. The molecule has 0 radical (unpaired) electrons. The molecule has 0 spiro atoms. The molecule has 10 atom stereocenters. The number of esters is 1. The van der Waals surface area contributed by atoms with Crippen LogP contribution >= 0.6 is 11.6 Å². The number of phenolic OH excluding ortho intramolecular Hbond substituents is 3. The predicted octanol–water partition coefficient (Wildman–Crippen LogP) is 6.15. The average Bonchev–Trinajstić information content (AvgIpc) is 1.69. The minimum Gasteiger partial charge on any atom is -0.507 e. The number of aromatic nitrogens is 1. The number of pyridine rings is 1. The molecule has 3 aliphatic heterocycles. The third-order valence-electron chi connectivity index (χ3n) is 17.3. The van der Waals surface area contributed by atoms with Gasteiger partial charge in [-0.3, -0.25) is 29.0 Å². The second-order valence-electron chi connectivity index (χ2n) is 23.0. The first-order valence-corrected chi connectivity index (χ1v) is 28.6. The van der Waals surface area contributed by atoms with E-state index in [1.54, 1.807) is 48.2 Å². The van der Waals surface area contributed by atoms with E-state index in [0.717, 1.165) is 18.9 Å². The number of nitrogens with one attached hydrogen (secondary N) is 2. The van der Waals surface area contributed by atoms with Crippen LogP contribution < -0.4 is 31.4 Å². The second kappa shape index (κ2) is 25.3. The van der Waals surface area contributed by atoms with Crippen LogP contribution in [0.25, 0.3) is 21.7 Å². The number of hydrazone groups is 1. The minimum atomic E-state index is -1.86. The third kappa shape index (κ3) is 12.4. The number of halogens is 2. The van der Waals surface area contributed by atoms with Crippen molar-refractivity contribution >= 4 is 80.4 Å². The molecule has 1 aliphatic carbocycles. The van der Waals surface area contributed by atoms with Crippen LogP contribution in [0.2, 0.25) is 5.02 Å². The number of hydrogen-bond acceptors (Lipinski definition) is 19. The number of anilines is 2. The maximum atomic E-state index is 15.9. The van der Waals surface area contributed by atoms with Crippen LogP contribution in [0.1, 0.15) is 118 Å². The summed E-state index contributed by atoms with van der Waals surface area (Å²) in [6.07, 6.45) is 5.77. The number of aliphatic hydroxyl groups excluding tert-OH is 2. The number of amides is 2. The van der Waals surface area contributed by atoms with E-state index in [4.69, 9.17) is 36.3 Å². The van der Waals surface area contributed by atoms with E-state index in [1.165, 1.54) is 66.5 Å². The van der Waals surface area contributed by atoms with Gasteiger partial charge in [-0.15, -0.1) is 0 Å². The SMILES string of the molecule is CO[C@@H](C)[C@@H](C)[C@@H](OC(C)=O)[C@H](N)[C@H](O)[C@H](C)[C@@H](O)[C@@H](C)/C=C/C=C(/C)C(=O)Nc1c(/C=N/N2CCC(C(=O)NC3CCN(c4c(F)cc5c(=O)c(C(=O)O)cn(C6CC6)c5c4Cl)C3)CC2)c(O)c2c3c(c(C)c(O)c2c1O)O[C@](C)(OC)C3=O. The highest BCUT2D eigenvalue weighted by Crippen LogP contribution is 2.55. The molecule has 0 bridgehead atoms. The summed E-state index contributed by atoms with van der Waals surface area (Å²) in [7, 11) is 2.74. The van der Waals surface area contributed by atoms with Crippen molar-refractivity contribution in [1.29, 1.82) is 0 Å². The van der Waals surface area contributed by atoms with E-state index >= 15 is 4.39 Å². The summed E-state index contributed by atoms with van der Waals surface area (Å²) in [5.74, 6) is -10.8. The molecule has 1 saturated carbocycles. The van der Waals surface area contributed by atoms with Crippen LogP contribution in [-0.4, -0.2) is 159 Å². The largest absolute Gasteiger partial charge is 0.507 e. The van der Waals surface area contributed by atoms with Gasteiger partial charge in [0.2, 0.25) is 17.1 Å². The standard InChI is InChI=1S/C60H75ClFN7O16/c1-26(48(71)29(4)50(73)44(63)55(84-32(7)70)28(3)31(6)82-9)12-11-13-27(2)57(78)66-45-37(52(75)40-41(53(45)76)49(72)30(5)54-42(40)56(77)60(8,83-10)85-54)23-64-68-20-16-33(17-21-68)58(79)65-34-18-19-67(24-34)47-39(62)22-36-46(43(47)61)69(35-14-15-35)25-38(51(36)74)59(80)81/h11-13,22-23,25-26,28-29,31,33-35,44,48,50,55,71-73,75-76H,14-21,24,63H2,1-10H3,(H,65,79)(H,66,78)(H,80,81)/b12-11+,27-13-,64-23+/t26-,28+,29+,31-,34?,44+,48-,50+,55+,60-/m0/s1. The van der Waals surface area contributed by atoms with Crippen molar-refractivity contribution in [1.82, 2.24) is 14.9 Å². The zero-order valence-electron chi connectivity index (χ0n) is 49.1. The van der Waals surface area contributed by atoms with E-state index in [1.807, 2.05) is 0 Å². The molecule has 3 aromatic carbocycles. The lowest BCUT2D eigenvalue weighted by Crippen LogP contribution is -2.55. The highest BCUT2D eigenvalue weighted by atomic mass is 35.5. The molecule has 3 fully saturated rings. The van der Waals surface area contributed by atoms with Gasteiger partial charge in [-0.25, -0.2) is 9.18 Å². The zero-order valence-corrected chi connectivity index (χ0v) is 49.8. The van der Waals surface area contributed by atoms with Crippen molar-refractivity contribution in [3.05, 3.63) is 79.4 Å². The highest BCUT2D eigenvalue weighted by molar-refractivity contribution is 6.38. The van der Waals surface area contributed by atoms with E-state index in [9.17, 15) is 59.4 Å². The van der Waals surface area contributed by atoms with Gasteiger partial charge in [0.15, 0.2) is 5.75 Å². The Labute approximate surface area is 494 Å². The number of phenols is 3. The number of piperidine rings is 1. The Kier molecular flexibility index (Phi) is 19.0. The molecule has 1 aromatic heterocycles. The first-order valence-electron chi connectivity index (χ1n) is 28.3. The van der Waals surface area contributed by atoms with Crippen LogP contribution in [-0.2, 0) is 28.6 Å². The summed E-state index contributed by atoms with van der Waals surface area (Å²) in [5, 5.41) is 79.4. The number of aromatic hydroxyl groups is 3. The molecule has 4 heterocycles. The fraction of sp³-hybridized carbons (Fsp3) is 0.517. The summed E-state index contributed by atoms with van der Waals surface area (Å²) in [5.41, 5.74) is 4.72. The van der Waals surface area contributed by atoms with Gasteiger partial charge in [-0.05, 0) is 58.9 Å². The maximum absolute atomic E-state index is 15.9. The number of fused-ring (bicyclic) bond motifs is 4. The summed E-state index contributed by atoms with van der Waals surface area (Å²) < 4.78 is 39.8. The Balaban J connectivity index is 0.984. The molecule has 4 aliphatic rings. The van der Waals surface area contributed by atoms with Crippen LogP contribution in [0.4, 0.5) is 15.8 Å². The van der Waals surface area contributed by atoms with Crippen molar-refractivity contribution < 1.29 is 77.9 Å². The van der Waals surface area contributed by atoms with Crippen LogP contribution in [0, 0.1) is 36.4 Å². The number of methoxy groups -OCH3 is 2. The molecule has 10 N–H and O–H groups in total. The lowest BCUT2D eigenvalue weighted by molar-refractivity contribution is -0.156. The van der Waals surface area contributed by atoms with Crippen molar-refractivity contribution in [3.8, 4) is 23.0 Å². The monoisotopic (exact) mass is 1200 g/mol. The van der Waals surface area contributed by atoms with Crippen molar-refractivity contribution in [2.24, 2.45) is 34.5 Å². The van der Waals surface area contributed by atoms with Gasteiger partial charge in [-0.1, -0.05) is 50.6 Å². The Morgan fingerprint density at radius 1 is 0.953 bits per heavy atom. The van der Waals surface area contributed by atoms with Crippen molar-refractivity contribution in [3.63, 3.8) is 0 Å². The first-order chi connectivity index (χ1) is 40.1. The molecule has 23 nitrogen and oxygen atoms in total. The Morgan fingerprint density at radius 2 is 1.62 bits per heavy atom. The number of rotatable bonds is 21. The Morgan fingerprint density at radius 3 is 2.24 bits per heavy atom. The fourth-order valence-corrected chi connectivity index (χ4v) is 11.9. The molecule has 4 aromatic rings. The molecular weight excluding hydrogens is 1130 g/mol. The molecule has 25 heteroatoms. The van der Waals surface area contributed by atoms with Crippen LogP contribution in [0.15, 0.2) is 46.0 Å². The normalized spacial score (nSPS) is 21.4. The fourth-order valence-electron chi connectivity index (χ4n) is 11.5. The number of carboxylic acid groups (broad SMARTS) is 1. The number of carbonyl (C=O) groups is 5. The molecule has 460 valence electrons. The van der Waals surface area contributed by atoms with Crippen molar-refractivity contribution in [2.75, 3.05) is 50.6 Å². The van der Waals surface area contributed by atoms with Gasteiger partial charge in [0.25, 0.3) is 11.7 Å². The average molecular weight is 1200 g/mol. The smallest absolute Gasteiger partial charge is 0.341 e. The van der Waals surface area contributed by atoms with Gasteiger partial charge in [0, 0.05) is 113 Å². The maximum Gasteiger partial charge on any atom is 0.341 e. The zero-order chi connectivity index (χ0) is 62.4. The Bertz CT molecular complexity index is 3490. The lowest BCUT2D eigenvalue weighted by Gasteiger charge is -2.37. The van der Waals surface area contributed by atoms with E-state index in [-0.39, 0.29) is 104 Å². The van der Waals surface area contributed by atoms with Crippen LogP contribution in [0.3, 0.4) is 0 Å². The predicted molar refractivity (Wildman–Crippen MR) is 314 cm³/mol. The molecule has 85 heavy (non-hydrogen) atoms. The number of ether oxygens (including phenoxy) is 4.